The van der Waals surface area contributed by atoms with Crippen molar-refractivity contribution in [3.05, 3.63) is 29.8 Å². The van der Waals surface area contributed by atoms with Gasteiger partial charge in [0, 0.05) is 32.9 Å². The highest BCUT2D eigenvalue weighted by atomic mass is 32.2. The van der Waals surface area contributed by atoms with Crippen LogP contribution in [0, 0.1) is 6.92 Å². The second kappa shape index (κ2) is 5.51. The first-order valence-corrected chi connectivity index (χ1v) is 7.34. The Labute approximate surface area is 104 Å². The third-order valence-corrected chi connectivity index (χ3v) is 4.07. The van der Waals surface area contributed by atoms with Gasteiger partial charge in [-0.25, -0.2) is 12.7 Å². The molecule has 0 radical (unpaired) electrons. The van der Waals surface area contributed by atoms with E-state index in [1.165, 1.54) is 16.1 Å². The molecule has 96 valence electrons. The molecule has 0 spiro atoms. The first-order chi connectivity index (χ1) is 7.80. The summed E-state index contributed by atoms with van der Waals surface area (Å²) in [4.78, 5) is 2.05. The van der Waals surface area contributed by atoms with Crippen LogP contribution in [-0.2, 0) is 10.0 Å². The number of nitrogens with zero attached hydrogens (tertiary/aromatic N) is 2. The number of benzene rings is 1. The molecule has 0 saturated carbocycles. The number of hydrogen-bond donors (Lipinski definition) is 0. The summed E-state index contributed by atoms with van der Waals surface area (Å²) in [5.74, 6) is 0. The van der Waals surface area contributed by atoms with E-state index in [1.54, 1.807) is 7.05 Å². The van der Waals surface area contributed by atoms with Gasteiger partial charge in [0.2, 0.25) is 10.0 Å². The zero-order valence-electron chi connectivity index (χ0n) is 10.8. The molecule has 5 heteroatoms. The molecular weight excluding hydrogens is 236 g/mol. The van der Waals surface area contributed by atoms with Gasteiger partial charge in [-0.15, -0.1) is 0 Å². The molecule has 1 rings (SSSR count). The van der Waals surface area contributed by atoms with Gasteiger partial charge < -0.3 is 4.90 Å². The van der Waals surface area contributed by atoms with E-state index in [2.05, 4.69) is 11.0 Å². The lowest BCUT2D eigenvalue weighted by Crippen LogP contribution is -2.34. The number of aryl methyl sites for hydroxylation is 1. The van der Waals surface area contributed by atoms with E-state index < -0.39 is 10.0 Å². The number of likely N-dealkylation sites (N-methyl/N-ethyl adjacent to an activating group) is 2. The summed E-state index contributed by atoms with van der Waals surface area (Å²) < 4.78 is 23.8. The van der Waals surface area contributed by atoms with Crippen LogP contribution >= 0.6 is 0 Å². The Hall–Kier alpha value is -1.07. The van der Waals surface area contributed by atoms with Crippen molar-refractivity contribution >= 4 is 15.7 Å². The van der Waals surface area contributed by atoms with Crippen LogP contribution in [0.2, 0.25) is 0 Å². The Kier molecular flexibility index (Phi) is 4.54. The fourth-order valence-corrected chi connectivity index (χ4v) is 1.86. The molecule has 0 amide bonds. The maximum atomic E-state index is 11.2. The van der Waals surface area contributed by atoms with Gasteiger partial charge in [0.25, 0.3) is 0 Å². The molecule has 0 aliphatic carbocycles. The van der Waals surface area contributed by atoms with Crippen molar-refractivity contribution in [2.24, 2.45) is 0 Å². The lowest BCUT2D eigenvalue weighted by Gasteiger charge is -2.22. The second-order valence-corrected chi connectivity index (χ2v) is 6.43. The predicted molar refractivity (Wildman–Crippen MR) is 71.9 cm³/mol. The lowest BCUT2D eigenvalue weighted by atomic mass is 10.2. The number of rotatable bonds is 5. The monoisotopic (exact) mass is 256 g/mol. The van der Waals surface area contributed by atoms with Crippen LogP contribution in [-0.4, -0.2) is 46.2 Å². The molecule has 0 unspecified atom stereocenters. The van der Waals surface area contributed by atoms with Crippen LogP contribution in [0.3, 0.4) is 0 Å². The van der Waals surface area contributed by atoms with Crippen LogP contribution in [0.5, 0.6) is 0 Å². The van der Waals surface area contributed by atoms with Crippen molar-refractivity contribution in [2.45, 2.75) is 6.92 Å². The third kappa shape index (κ3) is 4.36. The topological polar surface area (TPSA) is 40.6 Å². The number of sulfonamides is 1. The van der Waals surface area contributed by atoms with E-state index in [4.69, 9.17) is 0 Å². The second-order valence-electron chi connectivity index (χ2n) is 4.35. The average Bonchev–Trinajstić information content (AvgIpc) is 2.24. The fraction of sp³-hybridized carbons (Fsp3) is 0.500. The third-order valence-electron chi connectivity index (χ3n) is 2.76. The van der Waals surface area contributed by atoms with E-state index >= 15 is 0 Å². The Morgan fingerprint density at radius 1 is 1.18 bits per heavy atom. The van der Waals surface area contributed by atoms with Gasteiger partial charge >= 0.3 is 0 Å². The molecule has 1 aromatic carbocycles. The predicted octanol–water partition coefficient (Wildman–Crippen LogP) is 1.32. The van der Waals surface area contributed by atoms with Crippen molar-refractivity contribution in [1.82, 2.24) is 4.31 Å². The van der Waals surface area contributed by atoms with Crippen molar-refractivity contribution in [2.75, 3.05) is 38.3 Å². The zero-order valence-corrected chi connectivity index (χ0v) is 11.7. The summed E-state index contributed by atoms with van der Waals surface area (Å²) in [6.07, 6.45) is 1.22. The standard InChI is InChI=1S/C12H20N2O2S/c1-11-6-5-7-12(10-11)13(2)8-9-14(3)17(4,15)16/h5-7,10H,8-9H2,1-4H3. The molecule has 0 atom stereocenters. The maximum absolute atomic E-state index is 11.2. The van der Waals surface area contributed by atoms with Gasteiger partial charge in [-0.2, -0.15) is 0 Å². The van der Waals surface area contributed by atoms with Gasteiger partial charge in [0.1, 0.15) is 0 Å². The van der Waals surface area contributed by atoms with Gasteiger partial charge in [-0.05, 0) is 24.6 Å². The van der Waals surface area contributed by atoms with E-state index in [0.29, 0.717) is 13.1 Å². The minimum absolute atomic E-state index is 0.489. The van der Waals surface area contributed by atoms with Crippen LogP contribution in [0.25, 0.3) is 0 Å². The first-order valence-electron chi connectivity index (χ1n) is 5.50. The van der Waals surface area contributed by atoms with Crippen LogP contribution in [0.1, 0.15) is 5.56 Å². The van der Waals surface area contributed by atoms with E-state index in [-0.39, 0.29) is 0 Å². The highest BCUT2D eigenvalue weighted by Crippen LogP contribution is 2.13. The van der Waals surface area contributed by atoms with Crippen LogP contribution < -0.4 is 4.90 Å². The molecule has 0 aliphatic heterocycles. The van der Waals surface area contributed by atoms with Gasteiger partial charge in [0.15, 0.2) is 0 Å². The Morgan fingerprint density at radius 3 is 2.35 bits per heavy atom. The molecule has 0 N–H and O–H groups in total. The summed E-state index contributed by atoms with van der Waals surface area (Å²) in [5.41, 5.74) is 2.30. The van der Waals surface area contributed by atoms with Crippen molar-refractivity contribution in [3.63, 3.8) is 0 Å². The normalized spacial score (nSPS) is 11.8. The maximum Gasteiger partial charge on any atom is 0.211 e. The molecule has 0 fully saturated rings. The summed E-state index contributed by atoms with van der Waals surface area (Å²) in [5, 5.41) is 0. The van der Waals surface area contributed by atoms with E-state index in [9.17, 15) is 8.42 Å². The molecule has 0 saturated heterocycles. The minimum atomic E-state index is -3.08. The molecule has 0 aromatic heterocycles. The Balaban J connectivity index is 2.59. The Bertz CT molecular complexity index is 471. The molecule has 17 heavy (non-hydrogen) atoms. The number of anilines is 1. The minimum Gasteiger partial charge on any atom is -0.373 e. The van der Waals surface area contributed by atoms with Crippen molar-refractivity contribution in [1.29, 1.82) is 0 Å². The van der Waals surface area contributed by atoms with Crippen molar-refractivity contribution in [3.8, 4) is 0 Å². The largest absolute Gasteiger partial charge is 0.373 e. The summed E-state index contributed by atoms with van der Waals surface area (Å²) in [7, 11) is 0.478. The fourth-order valence-electron chi connectivity index (χ4n) is 1.45. The SMILES string of the molecule is Cc1cccc(N(C)CCN(C)S(C)(=O)=O)c1. The zero-order chi connectivity index (χ0) is 13.1. The lowest BCUT2D eigenvalue weighted by molar-refractivity contribution is 0.479. The van der Waals surface area contributed by atoms with Gasteiger partial charge in [-0.1, -0.05) is 12.1 Å². The summed E-state index contributed by atoms with van der Waals surface area (Å²) >= 11 is 0. The van der Waals surface area contributed by atoms with Gasteiger partial charge in [-0.3, -0.25) is 0 Å². The summed E-state index contributed by atoms with van der Waals surface area (Å²) in [6.45, 7) is 3.20. The summed E-state index contributed by atoms with van der Waals surface area (Å²) in [6, 6.07) is 8.15. The van der Waals surface area contributed by atoms with Crippen molar-refractivity contribution < 1.29 is 8.42 Å². The molecule has 1 aromatic rings. The molecular formula is C12H20N2O2S. The highest BCUT2D eigenvalue weighted by Gasteiger charge is 2.11. The Morgan fingerprint density at radius 2 is 1.82 bits per heavy atom. The molecule has 0 aliphatic rings. The van der Waals surface area contributed by atoms with Crippen LogP contribution in [0.4, 0.5) is 5.69 Å². The quantitative estimate of drug-likeness (QED) is 0.798. The van der Waals surface area contributed by atoms with E-state index in [0.717, 1.165) is 5.69 Å². The molecule has 0 bridgehead atoms. The average molecular weight is 256 g/mol. The molecule has 0 heterocycles. The van der Waals surface area contributed by atoms with E-state index in [1.807, 2.05) is 32.2 Å². The first kappa shape index (κ1) is 14.0. The van der Waals surface area contributed by atoms with Crippen LogP contribution in [0.15, 0.2) is 24.3 Å². The molecule has 4 nitrogen and oxygen atoms in total. The smallest absolute Gasteiger partial charge is 0.211 e. The van der Waals surface area contributed by atoms with Gasteiger partial charge in [0.05, 0.1) is 6.26 Å². The number of hydrogen-bond acceptors (Lipinski definition) is 3. The highest BCUT2D eigenvalue weighted by molar-refractivity contribution is 7.88.